The van der Waals surface area contributed by atoms with Crippen LogP contribution in [0.4, 0.5) is 0 Å². The van der Waals surface area contributed by atoms with E-state index >= 15 is 0 Å². The highest BCUT2D eigenvalue weighted by Gasteiger charge is 2.39. The Morgan fingerprint density at radius 3 is 2.56 bits per heavy atom. The first-order chi connectivity index (χ1) is 7.40. The van der Waals surface area contributed by atoms with Crippen molar-refractivity contribution in [2.75, 3.05) is 20.2 Å². The fraction of sp³-hybridized carbons (Fsp3) is 0.857. The second-order valence-electron chi connectivity index (χ2n) is 5.85. The normalized spacial score (nSPS) is 26.9. The molecule has 1 aliphatic rings. The average Bonchev–Trinajstić information content (AvgIpc) is 2.54. The molecule has 1 atom stereocenters. The molecule has 1 heterocycles. The van der Waals surface area contributed by atoms with E-state index in [1.165, 1.54) is 12.8 Å². The Hall–Kier alpha value is -0.520. The van der Waals surface area contributed by atoms with Gasteiger partial charge in [-0.05, 0) is 53.6 Å². The van der Waals surface area contributed by atoms with Crippen LogP contribution in [0.1, 0.15) is 46.5 Å². The molecule has 2 nitrogen and oxygen atoms in total. The molecule has 0 radical (unpaired) electrons. The molecule has 0 N–H and O–H groups in total. The van der Waals surface area contributed by atoms with Crippen LogP contribution in [-0.4, -0.2) is 36.2 Å². The first kappa shape index (κ1) is 13.5. The second kappa shape index (κ2) is 5.21. The molecule has 0 aliphatic carbocycles. The predicted octanol–water partition coefficient (Wildman–Crippen LogP) is 2.68. The van der Waals surface area contributed by atoms with Gasteiger partial charge in [-0.2, -0.15) is 0 Å². The van der Waals surface area contributed by atoms with Gasteiger partial charge in [0.05, 0.1) is 12.2 Å². The number of hydrogen-bond donors (Lipinski definition) is 0. The zero-order valence-corrected chi connectivity index (χ0v) is 11.2. The molecular weight excluding hydrogens is 198 g/mol. The Labute approximate surface area is 100 Å². The van der Waals surface area contributed by atoms with E-state index in [-0.39, 0.29) is 11.1 Å². The number of ether oxygens (including phenoxy) is 1. The third-order valence-corrected chi connectivity index (χ3v) is 3.45. The smallest absolute Gasteiger partial charge is 0.0657 e. The van der Waals surface area contributed by atoms with E-state index in [9.17, 15) is 0 Å². The molecule has 1 saturated heterocycles. The molecule has 1 aliphatic heterocycles. The molecule has 16 heavy (non-hydrogen) atoms. The SMILES string of the molecule is C#CCC[C@@]1(COC(C)(C)C)CCCN1C. The Morgan fingerprint density at radius 2 is 2.12 bits per heavy atom. The van der Waals surface area contributed by atoms with Crippen molar-refractivity contribution >= 4 is 0 Å². The van der Waals surface area contributed by atoms with Gasteiger partial charge in [-0.15, -0.1) is 12.3 Å². The number of nitrogens with zero attached hydrogens (tertiary/aromatic N) is 1. The van der Waals surface area contributed by atoms with Gasteiger partial charge in [0.25, 0.3) is 0 Å². The minimum Gasteiger partial charge on any atom is -0.374 e. The monoisotopic (exact) mass is 223 g/mol. The fourth-order valence-corrected chi connectivity index (χ4v) is 2.30. The summed E-state index contributed by atoms with van der Waals surface area (Å²) < 4.78 is 5.97. The lowest BCUT2D eigenvalue weighted by molar-refractivity contribution is -0.0592. The van der Waals surface area contributed by atoms with Crippen LogP contribution in [-0.2, 0) is 4.74 Å². The first-order valence-electron chi connectivity index (χ1n) is 6.18. The van der Waals surface area contributed by atoms with Crippen molar-refractivity contribution in [1.29, 1.82) is 0 Å². The fourth-order valence-electron chi connectivity index (χ4n) is 2.30. The maximum Gasteiger partial charge on any atom is 0.0657 e. The highest BCUT2D eigenvalue weighted by molar-refractivity contribution is 4.98. The predicted molar refractivity (Wildman–Crippen MR) is 68.4 cm³/mol. The molecule has 2 heteroatoms. The van der Waals surface area contributed by atoms with E-state index in [1.807, 2.05) is 0 Å². The van der Waals surface area contributed by atoms with E-state index in [2.05, 4.69) is 38.6 Å². The molecule has 0 aromatic carbocycles. The standard InChI is InChI=1S/C14H25NO/c1-6-7-9-14(10-8-11-15(14)5)12-16-13(2,3)4/h1H,7-12H2,2-5H3/t14-/m0/s1. The van der Waals surface area contributed by atoms with Crippen molar-refractivity contribution in [2.45, 2.75) is 57.6 Å². The topological polar surface area (TPSA) is 12.5 Å². The third-order valence-electron chi connectivity index (χ3n) is 3.45. The molecule has 0 bridgehead atoms. The minimum atomic E-state index is -0.0629. The lowest BCUT2D eigenvalue weighted by Crippen LogP contribution is -2.47. The van der Waals surface area contributed by atoms with Crippen LogP contribution in [0.5, 0.6) is 0 Å². The second-order valence-corrected chi connectivity index (χ2v) is 5.85. The van der Waals surface area contributed by atoms with Gasteiger partial charge in [0.1, 0.15) is 0 Å². The quantitative estimate of drug-likeness (QED) is 0.679. The summed E-state index contributed by atoms with van der Waals surface area (Å²) in [6.45, 7) is 8.29. The number of likely N-dealkylation sites (tertiary alicyclic amines) is 1. The molecule has 1 rings (SSSR count). The number of rotatable bonds is 4. The van der Waals surface area contributed by atoms with Gasteiger partial charge in [-0.1, -0.05) is 0 Å². The van der Waals surface area contributed by atoms with Gasteiger partial charge < -0.3 is 4.74 Å². The Balaban J connectivity index is 2.61. The van der Waals surface area contributed by atoms with Crippen LogP contribution >= 0.6 is 0 Å². The van der Waals surface area contributed by atoms with Crippen LogP contribution in [0.25, 0.3) is 0 Å². The summed E-state index contributed by atoms with van der Waals surface area (Å²) in [5.74, 6) is 2.75. The molecule has 0 saturated carbocycles. The highest BCUT2D eigenvalue weighted by atomic mass is 16.5. The van der Waals surface area contributed by atoms with Crippen LogP contribution in [0.15, 0.2) is 0 Å². The summed E-state index contributed by atoms with van der Waals surface area (Å²) in [6.07, 6.45) is 9.75. The van der Waals surface area contributed by atoms with E-state index < -0.39 is 0 Å². The van der Waals surface area contributed by atoms with Gasteiger partial charge in [0.15, 0.2) is 0 Å². The summed E-state index contributed by atoms with van der Waals surface area (Å²) in [7, 11) is 2.19. The molecule has 0 unspecified atom stereocenters. The van der Waals surface area contributed by atoms with Crippen LogP contribution < -0.4 is 0 Å². The molecule has 0 amide bonds. The van der Waals surface area contributed by atoms with Gasteiger partial charge in [-0.3, -0.25) is 4.90 Å². The number of hydrogen-bond acceptors (Lipinski definition) is 2. The maximum absolute atomic E-state index is 5.97. The molecule has 0 aromatic rings. The highest BCUT2D eigenvalue weighted by Crippen LogP contribution is 2.33. The average molecular weight is 223 g/mol. The maximum atomic E-state index is 5.97. The first-order valence-corrected chi connectivity index (χ1v) is 6.18. The molecule has 92 valence electrons. The van der Waals surface area contributed by atoms with Crippen molar-refractivity contribution in [3.8, 4) is 12.3 Å². The van der Waals surface area contributed by atoms with E-state index in [0.717, 1.165) is 26.0 Å². The van der Waals surface area contributed by atoms with E-state index in [1.54, 1.807) is 0 Å². The molecule has 0 aromatic heterocycles. The molecular formula is C14H25NO. The van der Waals surface area contributed by atoms with Crippen molar-refractivity contribution < 1.29 is 4.74 Å². The number of likely N-dealkylation sites (N-methyl/N-ethyl adjacent to an activating group) is 1. The molecule has 1 fully saturated rings. The van der Waals surface area contributed by atoms with Crippen LogP contribution in [0.3, 0.4) is 0 Å². The van der Waals surface area contributed by atoms with Gasteiger partial charge >= 0.3 is 0 Å². The largest absolute Gasteiger partial charge is 0.374 e. The zero-order chi connectivity index (χ0) is 12.2. The zero-order valence-electron chi connectivity index (χ0n) is 11.2. The van der Waals surface area contributed by atoms with Crippen molar-refractivity contribution in [2.24, 2.45) is 0 Å². The van der Waals surface area contributed by atoms with Gasteiger partial charge in [0.2, 0.25) is 0 Å². The summed E-state index contributed by atoms with van der Waals surface area (Å²) in [4.78, 5) is 2.43. The lowest BCUT2D eigenvalue weighted by atomic mass is 9.91. The summed E-state index contributed by atoms with van der Waals surface area (Å²) in [5, 5.41) is 0. The molecule has 0 spiro atoms. The Kier molecular flexibility index (Phi) is 4.41. The summed E-state index contributed by atoms with van der Waals surface area (Å²) >= 11 is 0. The van der Waals surface area contributed by atoms with Gasteiger partial charge in [0, 0.05) is 12.0 Å². The summed E-state index contributed by atoms with van der Waals surface area (Å²) in [5.41, 5.74) is 0.117. The van der Waals surface area contributed by atoms with E-state index in [0.29, 0.717) is 0 Å². The van der Waals surface area contributed by atoms with Crippen molar-refractivity contribution in [3.63, 3.8) is 0 Å². The van der Waals surface area contributed by atoms with E-state index in [4.69, 9.17) is 11.2 Å². The van der Waals surface area contributed by atoms with Gasteiger partial charge in [-0.25, -0.2) is 0 Å². The minimum absolute atomic E-state index is 0.0629. The Morgan fingerprint density at radius 1 is 1.44 bits per heavy atom. The van der Waals surface area contributed by atoms with Crippen LogP contribution in [0.2, 0.25) is 0 Å². The van der Waals surface area contributed by atoms with Crippen molar-refractivity contribution in [1.82, 2.24) is 4.90 Å². The third kappa shape index (κ3) is 3.50. The summed E-state index contributed by atoms with van der Waals surface area (Å²) in [6, 6.07) is 0. The Bertz CT molecular complexity index is 261. The number of terminal acetylenes is 1. The van der Waals surface area contributed by atoms with Crippen molar-refractivity contribution in [3.05, 3.63) is 0 Å². The lowest BCUT2D eigenvalue weighted by Gasteiger charge is -2.38. The van der Waals surface area contributed by atoms with Crippen LogP contribution in [0, 0.1) is 12.3 Å².